The molecule has 0 heterocycles. The van der Waals surface area contributed by atoms with Gasteiger partial charge in [-0.1, -0.05) is 61.5 Å². The van der Waals surface area contributed by atoms with Crippen LogP contribution in [0.15, 0.2) is 17.1 Å². The summed E-state index contributed by atoms with van der Waals surface area (Å²) in [4.78, 5) is 4.68. The molecule has 1 unspecified atom stereocenters. The monoisotopic (exact) mass is 332 g/mol. The van der Waals surface area contributed by atoms with E-state index in [1.54, 1.807) is 0 Å². The van der Waals surface area contributed by atoms with Crippen molar-refractivity contribution >= 4 is 6.21 Å². The van der Waals surface area contributed by atoms with Crippen molar-refractivity contribution < 1.29 is 5.11 Å². The zero-order chi connectivity index (χ0) is 18.7. The van der Waals surface area contributed by atoms with Gasteiger partial charge in [0.25, 0.3) is 0 Å². The SMILES string of the molecule is CCC(N)[C@H](CC)N=Cc1cc(C(C)(C)C)cc(C(C)(C)C)c1O. The lowest BCUT2D eigenvalue weighted by Crippen LogP contribution is -2.32. The normalized spacial score (nSPS) is 15.7. The third-order valence-corrected chi connectivity index (χ3v) is 4.60. The fourth-order valence-corrected chi connectivity index (χ4v) is 2.73. The summed E-state index contributed by atoms with van der Waals surface area (Å²) in [5, 5.41) is 10.8. The van der Waals surface area contributed by atoms with Crippen molar-refractivity contribution in [1.29, 1.82) is 0 Å². The van der Waals surface area contributed by atoms with E-state index in [2.05, 4.69) is 72.5 Å². The Bertz CT molecular complexity index is 577. The quantitative estimate of drug-likeness (QED) is 0.752. The Hall–Kier alpha value is -1.35. The van der Waals surface area contributed by atoms with Gasteiger partial charge in [0.1, 0.15) is 5.75 Å². The first kappa shape index (κ1) is 20.7. The van der Waals surface area contributed by atoms with E-state index in [4.69, 9.17) is 5.73 Å². The topological polar surface area (TPSA) is 58.6 Å². The Morgan fingerprint density at radius 3 is 2.04 bits per heavy atom. The molecule has 1 aromatic rings. The Balaban J connectivity index is 3.41. The smallest absolute Gasteiger partial charge is 0.128 e. The van der Waals surface area contributed by atoms with Crippen LogP contribution in [-0.2, 0) is 10.8 Å². The number of phenolic OH excluding ortho intramolecular Hbond substituents is 1. The van der Waals surface area contributed by atoms with E-state index in [0.29, 0.717) is 5.75 Å². The van der Waals surface area contributed by atoms with Gasteiger partial charge in [-0.05, 0) is 35.3 Å². The van der Waals surface area contributed by atoms with Crippen molar-refractivity contribution in [3.05, 3.63) is 28.8 Å². The number of aliphatic imine (C=N–C) groups is 1. The number of hydrogen-bond donors (Lipinski definition) is 2. The van der Waals surface area contributed by atoms with Gasteiger partial charge in [-0.25, -0.2) is 0 Å². The number of nitrogens with two attached hydrogens (primary N) is 1. The van der Waals surface area contributed by atoms with Crippen molar-refractivity contribution in [3.63, 3.8) is 0 Å². The van der Waals surface area contributed by atoms with Crippen LogP contribution < -0.4 is 5.73 Å². The molecular formula is C21H36N2O. The molecule has 0 spiro atoms. The van der Waals surface area contributed by atoms with E-state index in [1.165, 1.54) is 5.56 Å². The Labute approximate surface area is 148 Å². The molecule has 1 rings (SSSR count). The highest BCUT2D eigenvalue weighted by Gasteiger charge is 2.24. The van der Waals surface area contributed by atoms with Crippen molar-refractivity contribution in [3.8, 4) is 5.75 Å². The summed E-state index contributed by atoms with van der Waals surface area (Å²) in [5.74, 6) is 0.333. The number of phenols is 1. The van der Waals surface area contributed by atoms with Crippen molar-refractivity contribution in [1.82, 2.24) is 0 Å². The summed E-state index contributed by atoms with van der Waals surface area (Å²) in [6.07, 6.45) is 3.61. The fourth-order valence-electron chi connectivity index (χ4n) is 2.73. The molecule has 0 aromatic heterocycles. The molecule has 0 aliphatic rings. The second-order valence-corrected chi connectivity index (χ2v) is 8.79. The molecule has 0 aliphatic carbocycles. The largest absolute Gasteiger partial charge is 0.507 e. The fraction of sp³-hybridized carbons (Fsp3) is 0.667. The van der Waals surface area contributed by atoms with Crippen LogP contribution in [0.4, 0.5) is 0 Å². The molecule has 0 bridgehead atoms. The Kier molecular flexibility index (Phi) is 6.63. The van der Waals surface area contributed by atoms with Gasteiger partial charge < -0.3 is 10.8 Å². The second-order valence-electron chi connectivity index (χ2n) is 8.79. The van der Waals surface area contributed by atoms with Gasteiger partial charge in [-0.2, -0.15) is 0 Å². The van der Waals surface area contributed by atoms with Crippen LogP contribution in [0.5, 0.6) is 5.75 Å². The summed E-state index contributed by atoms with van der Waals surface area (Å²) < 4.78 is 0. The van der Waals surface area contributed by atoms with E-state index in [-0.39, 0.29) is 22.9 Å². The van der Waals surface area contributed by atoms with Crippen molar-refractivity contribution in [2.75, 3.05) is 0 Å². The average Bonchev–Trinajstić information content (AvgIpc) is 2.46. The average molecular weight is 333 g/mol. The van der Waals surface area contributed by atoms with Crippen LogP contribution >= 0.6 is 0 Å². The van der Waals surface area contributed by atoms with Gasteiger partial charge in [-0.15, -0.1) is 0 Å². The van der Waals surface area contributed by atoms with Crippen LogP contribution in [-0.4, -0.2) is 23.4 Å². The van der Waals surface area contributed by atoms with Gasteiger partial charge in [0.2, 0.25) is 0 Å². The molecule has 0 saturated carbocycles. The zero-order valence-electron chi connectivity index (χ0n) is 16.8. The summed E-state index contributed by atoms with van der Waals surface area (Å²) in [6.45, 7) is 17.1. The molecular weight excluding hydrogens is 296 g/mol. The van der Waals surface area contributed by atoms with E-state index in [0.717, 1.165) is 24.0 Å². The number of aromatic hydroxyl groups is 1. The molecule has 0 radical (unpaired) electrons. The van der Waals surface area contributed by atoms with Crippen LogP contribution in [0, 0.1) is 0 Å². The molecule has 3 N–H and O–H groups in total. The highest BCUT2D eigenvalue weighted by molar-refractivity contribution is 5.85. The van der Waals surface area contributed by atoms with Crippen molar-refractivity contribution in [2.24, 2.45) is 10.7 Å². The number of nitrogens with zero attached hydrogens (tertiary/aromatic N) is 1. The highest BCUT2D eigenvalue weighted by atomic mass is 16.3. The summed E-state index contributed by atoms with van der Waals surface area (Å²) in [5.41, 5.74) is 9.00. The van der Waals surface area contributed by atoms with E-state index < -0.39 is 0 Å². The number of hydrogen-bond acceptors (Lipinski definition) is 3. The number of benzene rings is 1. The minimum Gasteiger partial charge on any atom is -0.507 e. The lowest BCUT2D eigenvalue weighted by Gasteiger charge is -2.27. The van der Waals surface area contributed by atoms with Crippen LogP contribution in [0.2, 0.25) is 0 Å². The second kappa shape index (κ2) is 7.69. The van der Waals surface area contributed by atoms with Gasteiger partial charge in [0.15, 0.2) is 0 Å². The minimum atomic E-state index is -0.127. The molecule has 3 heteroatoms. The molecule has 3 nitrogen and oxygen atoms in total. The maximum atomic E-state index is 10.8. The maximum Gasteiger partial charge on any atom is 0.128 e. The molecule has 2 atom stereocenters. The molecule has 0 aliphatic heterocycles. The molecule has 136 valence electrons. The van der Waals surface area contributed by atoms with E-state index >= 15 is 0 Å². The van der Waals surface area contributed by atoms with Gasteiger partial charge in [-0.3, -0.25) is 4.99 Å². The molecule has 0 saturated heterocycles. The number of rotatable bonds is 5. The third-order valence-electron chi connectivity index (χ3n) is 4.60. The van der Waals surface area contributed by atoms with Crippen LogP contribution in [0.25, 0.3) is 0 Å². The summed E-state index contributed by atoms with van der Waals surface area (Å²) >= 11 is 0. The maximum absolute atomic E-state index is 10.8. The minimum absolute atomic E-state index is 0.0142. The van der Waals surface area contributed by atoms with Gasteiger partial charge in [0.05, 0.1) is 6.04 Å². The summed E-state index contributed by atoms with van der Waals surface area (Å²) in [7, 11) is 0. The van der Waals surface area contributed by atoms with Crippen molar-refractivity contribution in [2.45, 2.75) is 91.1 Å². The summed E-state index contributed by atoms with van der Waals surface area (Å²) in [6, 6.07) is 4.33. The van der Waals surface area contributed by atoms with Crippen LogP contribution in [0.1, 0.15) is 84.9 Å². The lowest BCUT2D eigenvalue weighted by atomic mass is 9.79. The first-order valence-corrected chi connectivity index (χ1v) is 9.08. The predicted molar refractivity (Wildman–Crippen MR) is 105 cm³/mol. The third kappa shape index (κ3) is 5.07. The zero-order valence-corrected chi connectivity index (χ0v) is 16.8. The Morgan fingerprint density at radius 1 is 1.04 bits per heavy atom. The van der Waals surface area contributed by atoms with Gasteiger partial charge in [0, 0.05) is 23.4 Å². The van der Waals surface area contributed by atoms with E-state index in [9.17, 15) is 5.11 Å². The molecule has 0 fully saturated rings. The molecule has 1 aromatic carbocycles. The predicted octanol–water partition coefficient (Wildman–Crippen LogP) is 4.92. The lowest BCUT2D eigenvalue weighted by molar-refractivity contribution is 0.443. The first-order chi connectivity index (χ1) is 10.9. The molecule has 24 heavy (non-hydrogen) atoms. The molecule has 0 amide bonds. The van der Waals surface area contributed by atoms with Gasteiger partial charge >= 0.3 is 0 Å². The first-order valence-electron chi connectivity index (χ1n) is 9.08. The van der Waals surface area contributed by atoms with E-state index in [1.807, 2.05) is 6.21 Å². The highest BCUT2D eigenvalue weighted by Crippen LogP contribution is 2.37. The Morgan fingerprint density at radius 2 is 1.62 bits per heavy atom. The van der Waals surface area contributed by atoms with Crippen LogP contribution in [0.3, 0.4) is 0 Å². The standard InChI is InChI=1S/C21H36N2O/c1-9-17(22)18(10-2)23-13-14-11-15(20(3,4)5)12-16(19(14)24)21(6,7)8/h11-13,17-18,24H,9-10,22H2,1-8H3/t17?,18-/m0/s1.